The van der Waals surface area contributed by atoms with Gasteiger partial charge in [0.1, 0.15) is 17.1 Å². The molecular formula is C26H31N3O2. The maximum absolute atomic E-state index is 13.3. The lowest BCUT2D eigenvalue weighted by molar-refractivity contribution is 0.0741. The summed E-state index contributed by atoms with van der Waals surface area (Å²) in [4.78, 5) is 15.3. The lowest BCUT2D eigenvalue weighted by Crippen LogP contribution is -2.30. The fourth-order valence-corrected chi connectivity index (χ4v) is 4.61. The van der Waals surface area contributed by atoms with E-state index >= 15 is 0 Å². The minimum absolute atomic E-state index is 0.0237. The number of aryl methyl sites for hydroxylation is 2. The van der Waals surface area contributed by atoms with Gasteiger partial charge in [-0.2, -0.15) is 5.10 Å². The predicted octanol–water partition coefficient (Wildman–Crippen LogP) is 5.87. The number of hydrogen-bond donors (Lipinski definition) is 2. The van der Waals surface area contributed by atoms with Crippen LogP contribution in [0.15, 0.2) is 36.4 Å². The number of phenols is 1. The summed E-state index contributed by atoms with van der Waals surface area (Å²) in [5.41, 5.74) is 7.02. The number of rotatable bonds is 6. The highest BCUT2D eigenvalue weighted by Gasteiger charge is 2.42. The number of H-pyrrole nitrogens is 1. The highest BCUT2D eigenvalue weighted by atomic mass is 16.3. The molecule has 0 aliphatic carbocycles. The van der Waals surface area contributed by atoms with Crippen LogP contribution in [-0.2, 0) is 0 Å². The van der Waals surface area contributed by atoms with Crippen LogP contribution in [0.1, 0.15) is 83.9 Å². The summed E-state index contributed by atoms with van der Waals surface area (Å²) in [5.74, 6) is 0.618. The van der Waals surface area contributed by atoms with Gasteiger partial charge in [-0.05, 0) is 54.5 Å². The normalized spacial score (nSPS) is 15.7. The molecule has 1 atom stereocenters. The van der Waals surface area contributed by atoms with E-state index in [1.165, 1.54) is 5.56 Å². The minimum Gasteiger partial charge on any atom is -0.507 e. The molecule has 3 aromatic rings. The van der Waals surface area contributed by atoms with Crippen LogP contribution in [0.5, 0.6) is 5.75 Å². The molecule has 0 spiro atoms. The lowest BCUT2D eigenvalue weighted by atomic mass is 9.92. The van der Waals surface area contributed by atoms with Crippen molar-refractivity contribution in [3.8, 4) is 17.0 Å². The SMILES string of the molecule is CCCCN1C(=O)c2[nH]nc(-c3c(C)cc(C)cc3O)c2C1c1ccc(C(C)C)cc1. The van der Waals surface area contributed by atoms with Gasteiger partial charge < -0.3 is 10.0 Å². The van der Waals surface area contributed by atoms with Crippen LogP contribution in [0.25, 0.3) is 11.3 Å². The zero-order chi connectivity index (χ0) is 22.3. The molecule has 4 rings (SSSR count). The summed E-state index contributed by atoms with van der Waals surface area (Å²) < 4.78 is 0. The molecule has 2 heterocycles. The number of amides is 1. The van der Waals surface area contributed by atoms with E-state index in [4.69, 9.17) is 0 Å². The Morgan fingerprint density at radius 2 is 1.87 bits per heavy atom. The average Bonchev–Trinajstić information content (AvgIpc) is 3.25. The van der Waals surface area contributed by atoms with Gasteiger partial charge in [-0.15, -0.1) is 0 Å². The molecule has 0 bridgehead atoms. The van der Waals surface area contributed by atoms with Gasteiger partial charge in [-0.1, -0.05) is 57.5 Å². The largest absolute Gasteiger partial charge is 0.507 e. The maximum Gasteiger partial charge on any atom is 0.273 e. The Morgan fingerprint density at radius 3 is 2.48 bits per heavy atom. The molecular weight excluding hydrogens is 386 g/mol. The molecule has 5 heteroatoms. The number of aromatic amines is 1. The standard InChI is InChI=1S/C26H31N3O2/c1-6-7-12-29-25(19-10-8-18(9-11-19)15(2)3)22-23(27-28-24(22)26(29)31)21-17(5)13-16(4)14-20(21)30/h8-11,13-15,25,30H,6-7,12H2,1-5H3,(H,27,28). The van der Waals surface area contributed by atoms with Gasteiger partial charge in [0.05, 0.1) is 6.04 Å². The highest BCUT2D eigenvalue weighted by molar-refractivity contribution is 6.00. The van der Waals surface area contributed by atoms with E-state index in [1.807, 2.05) is 24.8 Å². The molecule has 1 aromatic heterocycles. The second-order valence-electron chi connectivity index (χ2n) is 8.91. The monoisotopic (exact) mass is 417 g/mol. The molecule has 5 nitrogen and oxygen atoms in total. The first-order valence-electron chi connectivity index (χ1n) is 11.1. The van der Waals surface area contributed by atoms with Gasteiger partial charge in [0, 0.05) is 17.7 Å². The van der Waals surface area contributed by atoms with Crippen molar-refractivity contribution in [1.82, 2.24) is 15.1 Å². The number of carbonyl (C=O) groups is 1. The highest BCUT2D eigenvalue weighted by Crippen LogP contribution is 2.45. The molecule has 0 radical (unpaired) electrons. The number of aromatic hydroxyl groups is 1. The van der Waals surface area contributed by atoms with Gasteiger partial charge in [0.25, 0.3) is 5.91 Å². The Balaban J connectivity index is 1.88. The third kappa shape index (κ3) is 3.62. The van der Waals surface area contributed by atoms with Crippen molar-refractivity contribution >= 4 is 5.91 Å². The van der Waals surface area contributed by atoms with Crippen molar-refractivity contribution in [1.29, 1.82) is 0 Å². The number of nitrogens with one attached hydrogen (secondary N) is 1. The number of benzene rings is 2. The van der Waals surface area contributed by atoms with Crippen molar-refractivity contribution in [2.45, 2.75) is 59.4 Å². The number of nitrogens with zero attached hydrogens (tertiary/aromatic N) is 2. The molecule has 2 aromatic carbocycles. The molecule has 0 saturated heterocycles. The van der Waals surface area contributed by atoms with Crippen LogP contribution in [0, 0.1) is 13.8 Å². The second kappa shape index (κ2) is 8.22. The quantitative estimate of drug-likeness (QED) is 0.527. The Morgan fingerprint density at radius 1 is 1.16 bits per heavy atom. The molecule has 1 aliphatic heterocycles. The Bertz CT molecular complexity index is 1090. The number of phenolic OH excluding ortho intramolecular Hbond substituents is 1. The fourth-order valence-electron chi connectivity index (χ4n) is 4.61. The molecule has 1 aliphatic rings. The van der Waals surface area contributed by atoms with E-state index in [0.717, 1.165) is 35.1 Å². The maximum atomic E-state index is 13.3. The van der Waals surface area contributed by atoms with E-state index < -0.39 is 0 Å². The molecule has 31 heavy (non-hydrogen) atoms. The zero-order valence-corrected chi connectivity index (χ0v) is 19.0. The van der Waals surface area contributed by atoms with Gasteiger partial charge in [-0.3, -0.25) is 9.89 Å². The first-order valence-corrected chi connectivity index (χ1v) is 11.1. The lowest BCUT2D eigenvalue weighted by Gasteiger charge is -2.27. The van der Waals surface area contributed by atoms with Crippen LogP contribution in [0.3, 0.4) is 0 Å². The summed E-state index contributed by atoms with van der Waals surface area (Å²) in [6, 6.07) is 12.1. The van der Waals surface area contributed by atoms with Crippen LogP contribution in [-0.4, -0.2) is 32.7 Å². The van der Waals surface area contributed by atoms with Crippen LogP contribution in [0.4, 0.5) is 0 Å². The topological polar surface area (TPSA) is 69.2 Å². The van der Waals surface area contributed by atoms with Crippen LogP contribution in [0.2, 0.25) is 0 Å². The molecule has 1 amide bonds. The summed E-state index contributed by atoms with van der Waals surface area (Å²) in [5, 5.41) is 18.3. The van der Waals surface area contributed by atoms with Crippen molar-refractivity contribution in [2.75, 3.05) is 6.54 Å². The summed E-state index contributed by atoms with van der Waals surface area (Å²) >= 11 is 0. The van der Waals surface area contributed by atoms with Crippen LogP contribution >= 0.6 is 0 Å². The molecule has 0 fully saturated rings. The first-order chi connectivity index (χ1) is 14.8. The van der Waals surface area contributed by atoms with E-state index in [9.17, 15) is 9.90 Å². The predicted molar refractivity (Wildman–Crippen MR) is 123 cm³/mol. The summed E-state index contributed by atoms with van der Waals surface area (Å²) in [7, 11) is 0. The second-order valence-corrected chi connectivity index (χ2v) is 8.91. The Labute approximate surface area is 184 Å². The number of fused-ring (bicyclic) bond motifs is 1. The molecule has 1 unspecified atom stereocenters. The Kier molecular flexibility index (Phi) is 5.61. The first kappa shape index (κ1) is 21.2. The van der Waals surface area contributed by atoms with Gasteiger partial charge in [0.15, 0.2) is 0 Å². The third-order valence-corrected chi connectivity index (χ3v) is 6.23. The zero-order valence-electron chi connectivity index (χ0n) is 19.0. The van der Waals surface area contributed by atoms with Gasteiger partial charge in [-0.25, -0.2) is 0 Å². The minimum atomic E-state index is -0.218. The third-order valence-electron chi connectivity index (χ3n) is 6.23. The average molecular weight is 418 g/mol. The fraction of sp³-hybridized carbons (Fsp3) is 0.385. The number of aromatic nitrogens is 2. The number of unbranched alkanes of at least 4 members (excludes halogenated alkanes) is 1. The molecule has 2 N–H and O–H groups in total. The smallest absolute Gasteiger partial charge is 0.273 e. The number of hydrogen-bond acceptors (Lipinski definition) is 3. The van der Waals surface area contributed by atoms with Crippen molar-refractivity contribution in [3.63, 3.8) is 0 Å². The van der Waals surface area contributed by atoms with Crippen LogP contribution < -0.4 is 0 Å². The molecule has 162 valence electrons. The molecule has 0 saturated carbocycles. The van der Waals surface area contributed by atoms with Gasteiger partial charge >= 0.3 is 0 Å². The van der Waals surface area contributed by atoms with Gasteiger partial charge in [0.2, 0.25) is 0 Å². The number of carbonyl (C=O) groups excluding carboxylic acids is 1. The van der Waals surface area contributed by atoms with E-state index in [-0.39, 0.29) is 17.7 Å². The summed E-state index contributed by atoms with van der Waals surface area (Å²) in [6.07, 6.45) is 1.95. The van der Waals surface area contributed by atoms with Crippen molar-refractivity contribution in [3.05, 3.63) is 69.9 Å². The van der Waals surface area contributed by atoms with E-state index in [1.54, 1.807) is 6.07 Å². The van der Waals surface area contributed by atoms with Crippen molar-refractivity contribution in [2.24, 2.45) is 0 Å². The summed E-state index contributed by atoms with van der Waals surface area (Å²) in [6.45, 7) is 11.1. The Hall–Kier alpha value is -3.08. The van der Waals surface area contributed by atoms with E-state index in [0.29, 0.717) is 29.4 Å². The van der Waals surface area contributed by atoms with Crippen molar-refractivity contribution < 1.29 is 9.90 Å². The van der Waals surface area contributed by atoms with E-state index in [2.05, 4.69) is 55.2 Å².